The molecule has 1 fully saturated rings. The van der Waals surface area contributed by atoms with Crippen LogP contribution in [0.2, 0.25) is 0 Å². The molecule has 1 aliphatic rings. The fraction of sp³-hybridized carbons (Fsp3) is 0.818. The smallest absolute Gasteiger partial charge is 0.164 e. The van der Waals surface area contributed by atoms with Crippen LogP contribution in [-0.2, 0) is 13.6 Å². The lowest BCUT2D eigenvalue weighted by molar-refractivity contribution is 0.355. The lowest BCUT2D eigenvalue weighted by atomic mass is 10.00. The highest BCUT2D eigenvalue weighted by molar-refractivity contribution is 4.90. The summed E-state index contributed by atoms with van der Waals surface area (Å²) in [6, 6.07) is 0.633. The first-order valence-corrected chi connectivity index (χ1v) is 5.74. The Kier molecular flexibility index (Phi) is 3.05. The van der Waals surface area contributed by atoms with Gasteiger partial charge in [0.15, 0.2) is 5.82 Å². The van der Waals surface area contributed by atoms with Crippen LogP contribution in [0, 0.1) is 11.8 Å². The monoisotopic (exact) mass is 208 g/mol. The molecule has 1 atom stereocenters. The van der Waals surface area contributed by atoms with Crippen molar-refractivity contribution in [3.05, 3.63) is 12.2 Å². The summed E-state index contributed by atoms with van der Waals surface area (Å²) in [4.78, 5) is 4.22. The van der Waals surface area contributed by atoms with Crippen molar-refractivity contribution in [2.24, 2.45) is 18.9 Å². The summed E-state index contributed by atoms with van der Waals surface area (Å²) in [5, 5.41) is 7.84. The second-order valence-corrected chi connectivity index (χ2v) is 4.82. The molecular weight excluding hydrogens is 188 g/mol. The summed E-state index contributed by atoms with van der Waals surface area (Å²) in [6.45, 7) is 5.35. The van der Waals surface area contributed by atoms with Gasteiger partial charge in [0.2, 0.25) is 0 Å². The number of aryl methyl sites for hydroxylation is 1. The third-order valence-electron chi connectivity index (χ3n) is 2.99. The maximum atomic E-state index is 4.26. The van der Waals surface area contributed by atoms with E-state index in [4.69, 9.17) is 0 Å². The molecule has 0 saturated heterocycles. The summed E-state index contributed by atoms with van der Waals surface area (Å²) in [6.07, 6.45) is 4.51. The molecule has 0 aliphatic heterocycles. The highest BCUT2D eigenvalue weighted by Gasteiger charge is 2.32. The highest BCUT2D eigenvalue weighted by atomic mass is 15.3. The second-order valence-electron chi connectivity index (χ2n) is 4.82. The van der Waals surface area contributed by atoms with Gasteiger partial charge in [-0.3, -0.25) is 4.68 Å². The largest absolute Gasteiger partial charge is 0.306 e. The van der Waals surface area contributed by atoms with Crippen LogP contribution in [-0.4, -0.2) is 20.8 Å². The average Bonchev–Trinajstić information content (AvgIpc) is 2.90. The molecule has 1 saturated carbocycles. The van der Waals surface area contributed by atoms with Gasteiger partial charge >= 0.3 is 0 Å². The van der Waals surface area contributed by atoms with E-state index in [0.717, 1.165) is 18.3 Å². The predicted octanol–water partition coefficient (Wildman–Crippen LogP) is 1.34. The number of aromatic nitrogens is 3. The maximum absolute atomic E-state index is 4.26. The van der Waals surface area contributed by atoms with Gasteiger partial charge in [0.25, 0.3) is 0 Å². The topological polar surface area (TPSA) is 42.7 Å². The molecule has 0 amide bonds. The average molecular weight is 208 g/mol. The molecule has 1 aromatic rings. The Labute approximate surface area is 91.1 Å². The van der Waals surface area contributed by atoms with E-state index in [1.54, 1.807) is 11.0 Å². The molecule has 84 valence electrons. The van der Waals surface area contributed by atoms with Crippen LogP contribution in [0.4, 0.5) is 0 Å². The highest BCUT2D eigenvalue weighted by Crippen LogP contribution is 2.35. The normalized spacial score (nSPS) is 18.4. The Morgan fingerprint density at radius 3 is 2.73 bits per heavy atom. The van der Waals surface area contributed by atoms with Gasteiger partial charge in [-0.05, 0) is 24.7 Å². The van der Waals surface area contributed by atoms with E-state index in [2.05, 4.69) is 29.2 Å². The molecule has 0 spiro atoms. The van der Waals surface area contributed by atoms with Crippen LogP contribution in [0.5, 0.6) is 0 Å². The molecule has 1 N–H and O–H groups in total. The van der Waals surface area contributed by atoms with Crippen LogP contribution >= 0.6 is 0 Å². The predicted molar refractivity (Wildman–Crippen MR) is 59.2 cm³/mol. The lowest BCUT2D eigenvalue weighted by Gasteiger charge is -2.21. The van der Waals surface area contributed by atoms with Crippen molar-refractivity contribution in [2.45, 2.75) is 39.3 Å². The minimum Gasteiger partial charge on any atom is -0.306 e. The van der Waals surface area contributed by atoms with Gasteiger partial charge in [-0.2, -0.15) is 5.10 Å². The number of rotatable bonds is 5. The van der Waals surface area contributed by atoms with Crippen molar-refractivity contribution in [1.29, 1.82) is 0 Å². The third kappa shape index (κ3) is 2.78. The van der Waals surface area contributed by atoms with E-state index in [0.29, 0.717) is 12.0 Å². The fourth-order valence-corrected chi connectivity index (χ4v) is 2.08. The standard InChI is InChI=1S/C11H20N4/c1-8(2)11(9-4-5-9)12-6-10-13-7-15(3)14-10/h7-9,11-12H,4-6H2,1-3H3. The van der Waals surface area contributed by atoms with Gasteiger partial charge in [-0.15, -0.1) is 0 Å². The Morgan fingerprint density at radius 2 is 2.27 bits per heavy atom. The van der Waals surface area contributed by atoms with E-state index in [9.17, 15) is 0 Å². The van der Waals surface area contributed by atoms with Crippen LogP contribution in [0.25, 0.3) is 0 Å². The number of hydrogen-bond donors (Lipinski definition) is 1. The number of nitrogens with one attached hydrogen (secondary N) is 1. The maximum Gasteiger partial charge on any atom is 0.164 e. The van der Waals surface area contributed by atoms with Crippen molar-refractivity contribution in [1.82, 2.24) is 20.1 Å². The summed E-state index contributed by atoms with van der Waals surface area (Å²) in [5.41, 5.74) is 0. The van der Waals surface area contributed by atoms with Crippen molar-refractivity contribution < 1.29 is 0 Å². The van der Waals surface area contributed by atoms with Crippen LogP contribution in [0.1, 0.15) is 32.5 Å². The molecule has 4 heteroatoms. The zero-order valence-electron chi connectivity index (χ0n) is 9.77. The third-order valence-corrected chi connectivity index (χ3v) is 2.99. The first kappa shape index (κ1) is 10.6. The van der Waals surface area contributed by atoms with Gasteiger partial charge < -0.3 is 5.32 Å². The fourth-order valence-electron chi connectivity index (χ4n) is 2.08. The molecule has 1 heterocycles. The second kappa shape index (κ2) is 4.31. The van der Waals surface area contributed by atoms with Crippen LogP contribution < -0.4 is 5.32 Å². The molecule has 1 aromatic heterocycles. The number of nitrogens with zero attached hydrogens (tertiary/aromatic N) is 3. The molecular formula is C11H20N4. The van der Waals surface area contributed by atoms with E-state index in [1.807, 2.05) is 7.05 Å². The van der Waals surface area contributed by atoms with Crippen LogP contribution in [0.3, 0.4) is 0 Å². The first-order chi connectivity index (χ1) is 7.16. The number of hydrogen-bond acceptors (Lipinski definition) is 3. The van der Waals surface area contributed by atoms with Gasteiger partial charge in [0, 0.05) is 13.1 Å². The zero-order valence-corrected chi connectivity index (χ0v) is 9.77. The molecule has 0 aromatic carbocycles. The molecule has 15 heavy (non-hydrogen) atoms. The Balaban J connectivity index is 1.85. The Bertz CT molecular complexity index is 312. The zero-order chi connectivity index (χ0) is 10.8. The van der Waals surface area contributed by atoms with Crippen molar-refractivity contribution >= 4 is 0 Å². The summed E-state index contributed by atoms with van der Waals surface area (Å²) in [5.74, 6) is 2.47. The van der Waals surface area contributed by atoms with Gasteiger partial charge in [-0.1, -0.05) is 13.8 Å². The summed E-state index contributed by atoms with van der Waals surface area (Å²) >= 11 is 0. The molecule has 0 radical (unpaired) electrons. The quantitative estimate of drug-likeness (QED) is 0.794. The molecule has 4 nitrogen and oxygen atoms in total. The van der Waals surface area contributed by atoms with Gasteiger partial charge in [-0.25, -0.2) is 4.98 Å². The minimum absolute atomic E-state index is 0.633. The van der Waals surface area contributed by atoms with Crippen molar-refractivity contribution in [3.63, 3.8) is 0 Å². The van der Waals surface area contributed by atoms with E-state index in [-0.39, 0.29) is 0 Å². The lowest BCUT2D eigenvalue weighted by Crippen LogP contribution is -2.35. The van der Waals surface area contributed by atoms with E-state index < -0.39 is 0 Å². The molecule has 1 unspecified atom stereocenters. The Morgan fingerprint density at radius 1 is 1.53 bits per heavy atom. The molecule has 1 aliphatic carbocycles. The minimum atomic E-state index is 0.633. The van der Waals surface area contributed by atoms with Gasteiger partial charge in [0.05, 0.1) is 6.54 Å². The van der Waals surface area contributed by atoms with Crippen LogP contribution in [0.15, 0.2) is 6.33 Å². The van der Waals surface area contributed by atoms with E-state index >= 15 is 0 Å². The molecule has 0 bridgehead atoms. The van der Waals surface area contributed by atoms with Crippen molar-refractivity contribution in [3.8, 4) is 0 Å². The SMILES string of the molecule is CC(C)C(NCc1ncn(C)n1)C1CC1. The first-order valence-electron chi connectivity index (χ1n) is 5.74. The Hall–Kier alpha value is -0.900. The summed E-state index contributed by atoms with van der Waals surface area (Å²) < 4.78 is 1.75. The summed E-state index contributed by atoms with van der Waals surface area (Å²) in [7, 11) is 1.90. The van der Waals surface area contributed by atoms with Crippen molar-refractivity contribution in [2.75, 3.05) is 0 Å². The van der Waals surface area contributed by atoms with Gasteiger partial charge in [0.1, 0.15) is 6.33 Å². The van der Waals surface area contributed by atoms with E-state index in [1.165, 1.54) is 12.8 Å². The molecule has 2 rings (SSSR count).